The van der Waals surface area contributed by atoms with Gasteiger partial charge in [0, 0.05) is 23.0 Å². The third-order valence-corrected chi connectivity index (χ3v) is 5.92. The van der Waals surface area contributed by atoms with E-state index in [1.165, 1.54) is 11.3 Å². The number of thiophene rings is 1. The number of aryl methyl sites for hydroxylation is 1. The Balaban J connectivity index is 2.21. The van der Waals surface area contributed by atoms with E-state index in [0.29, 0.717) is 20.4 Å². The molecule has 0 spiro atoms. The number of nitrogens with two attached hydrogens (primary N) is 1. The predicted octanol–water partition coefficient (Wildman–Crippen LogP) is 2.65. The van der Waals surface area contributed by atoms with E-state index < -0.39 is 10.0 Å². The Morgan fingerprint density at radius 1 is 1.40 bits per heavy atom. The van der Waals surface area contributed by atoms with Crippen molar-refractivity contribution in [3.05, 3.63) is 50.7 Å². The van der Waals surface area contributed by atoms with Gasteiger partial charge in [-0.15, -0.1) is 11.3 Å². The molecule has 0 aliphatic rings. The van der Waals surface area contributed by atoms with Crippen molar-refractivity contribution in [2.24, 2.45) is 5.73 Å². The van der Waals surface area contributed by atoms with Crippen molar-refractivity contribution in [3.8, 4) is 0 Å². The van der Waals surface area contributed by atoms with Crippen molar-refractivity contribution in [2.75, 3.05) is 0 Å². The lowest BCUT2D eigenvalue weighted by molar-refractivity contribution is 0.580. The summed E-state index contributed by atoms with van der Waals surface area (Å²) in [6.45, 7) is 2.18. The highest BCUT2D eigenvalue weighted by Crippen LogP contribution is 2.26. The van der Waals surface area contributed by atoms with Gasteiger partial charge in [-0.25, -0.2) is 13.1 Å². The summed E-state index contributed by atoms with van der Waals surface area (Å²) in [7, 11) is -3.56. The van der Waals surface area contributed by atoms with Gasteiger partial charge in [0.1, 0.15) is 4.90 Å². The van der Waals surface area contributed by atoms with Crippen LogP contribution in [-0.4, -0.2) is 8.42 Å². The molecule has 7 heteroatoms. The van der Waals surface area contributed by atoms with Crippen molar-refractivity contribution < 1.29 is 8.42 Å². The average Bonchev–Trinajstić information content (AvgIpc) is 2.78. The number of hydrogen-bond donors (Lipinski definition) is 2. The highest BCUT2D eigenvalue weighted by atomic mass is 35.5. The Labute approximate surface area is 127 Å². The van der Waals surface area contributed by atoms with Crippen LogP contribution in [0.15, 0.2) is 34.5 Å². The summed E-state index contributed by atoms with van der Waals surface area (Å²) in [5.74, 6) is 0. The monoisotopic (exact) mass is 330 g/mol. The molecule has 1 aromatic heterocycles. The molecule has 4 nitrogen and oxygen atoms in total. The van der Waals surface area contributed by atoms with Gasteiger partial charge in [-0.05, 0) is 35.6 Å². The minimum atomic E-state index is -3.56. The van der Waals surface area contributed by atoms with Crippen LogP contribution < -0.4 is 10.5 Å². The Bertz CT molecular complexity index is 711. The van der Waals surface area contributed by atoms with Gasteiger partial charge >= 0.3 is 0 Å². The third kappa shape index (κ3) is 3.39. The summed E-state index contributed by atoms with van der Waals surface area (Å²) in [5, 5.41) is 2.38. The minimum Gasteiger partial charge on any atom is -0.326 e. The van der Waals surface area contributed by atoms with Crippen LogP contribution in [0.5, 0.6) is 0 Å². The summed E-state index contributed by atoms with van der Waals surface area (Å²) in [6, 6.07) is 7.08. The highest BCUT2D eigenvalue weighted by molar-refractivity contribution is 7.89. The second kappa shape index (κ2) is 6.24. The number of rotatable bonds is 5. The molecule has 108 valence electrons. The Morgan fingerprint density at radius 2 is 2.15 bits per heavy atom. The largest absolute Gasteiger partial charge is 0.326 e. The van der Waals surface area contributed by atoms with Gasteiger partial charge in [-0.3, -0.25) is 0 Å². The molecule has 1 aromatic carbocycles. The van der Waals surface area contributed by atoms with Crippen molar-refractivity contribution >= 4 is 33.0 Å². The van der Waals surface area contributed by atoms with Crippen LogP contribution in [0.2, 0.25) is 5.02 Å². The first kappa shape index (κ1) is 15.5. The first-order valence-corrected chi connectivity index (χ1v) is 8.69. The van der Waals surface area contributed by atoms with Crippen LogP contribution in [0.3, 0.4) is 0 Å². The second-order valence-electron chi connectivity index (χ2n) is 4.33. The van der Waals surface area contributed by atoms with Gasteiger partial charge in [0.05, 0.1) is 0 Å². The molecule has 0 saturated heterocycles. The van der Waals surface area contributed by atoms with Gasteiger partial charge in [0.15, 0.2) is 0 Å². The molecule has 0 aliphatic heterocycles. The van der Waals surface area contributed by atoms with Crippen LogP contribution >= 0.6 is 22.9 Å². The van der Waals surface area contributed by atoms with E-state index in [1.54, 1.807) is 30.5 Å². The third-order valence-electron chi connectivity index (χ3n) is 2.80. The number of hydrogen-bond acceptors (Lipinski definition) is 4. The molecule has 0 amide bonds. The molecular weight excluding hydrogens is 316 g/mol. The van der Waals surface area contributed by atoms with E-state index in [-0.39, 0.29) is 13.1 Å². The first-order chi connectivity index (χ1) is 9.44. The van der Waals surface area contributed by atoms with Crippen molar-refractivity contribution in [1.29, 1.82) is 0 Å². The SMILES string of the molecule is Cc1csc(CN)c1S(=O)(=O)NCc1cccc(Cl)c1. The maximum Gasteiger partial charge on any atom is 0.242 e. The summed E-state index contributed by atoms with van der Waals surface area (Å²) >= 11 is 7.24. The topological polar surface area (TPSA) is 72.2 Å². The summed E-state index contributed by atoms with van der Waals surface area (Å²) in [5.41, 5.74) is 7.11. The predicted molar refractivity (Wildman–Crippen MR) is 82.4 cm³/mol. The second-order valence-corrected chi connectivity index (χ2v) is 7.43. The molecule has 0 aliphatic carbocycles. The Kier molecular flexibility index (Phi) is 4.82. The summed E-state index contributed by atoms with van der Waals surface area (Å²) in [4.78, 5) is 0.966. The number of halogens is 1. The number of benzene rings is 1. The Hall–Kier alpha value is -0.920. The fraction of sp³-hybridized carbons (Fsp3) is 0.231. The zero-order valence-electron chi connectivity index (χ0n) is 10.9. The van der Waals surface area contributed by atoms with Crippen molar-refractivity contribution in [3.63, 3.8) is 0 Å². The zero-order valence-corrected chi connectivity index (χ0v) is 13.3. The first-order valence-electron chi connectivity index (χ1n) is 5.95. The van der Waals surface area contributed by atoms with Crippen LogP contribution in [0.1, 0.15) is 16.0 Å². The van der Waals surface area contributed by atoms with Gasteiger partial charge in [-0.2, -0.15) is 0 Å². The molecular formula is C13H15ClN2O2S2. The summed E-state index contributed by atoms with van der Waals surface area (Å²) < 4.78 is 27.3. The van der Waals surface area contributed by atoms with E-state index in [1.807, 2.05) is 6.07 Å². The lowest BCUT2D eigenvalue weighted by Crippen LogP contribution is -2.24. The van der Waals surface area contributed by atoms with Crippen molar-refractivity contribution in [2.45, 2.75) is 24.9 Å². The van der Waals surface area contributed by atoms with E-state index in [0.717, 1.165) is 5.56 Å². The molecule has 0 bridgehead atoms. The van der Waals surface area contributed by atoms with E-state index in [2.05, 4.69) is 4.72 Å². The van der Waals surface area contributed by atoms with Gasteiger partial charge in [0.25, 0.3) is 0 Å². The van der Waals surface area contributed by atoms with Gasteiger partial charge in [-0.1, -0.05) is 23.7 Å². The molecule has 20 heavy (non-hydrogen) atoms. The molecule has 0 unspecified atom stereocenters. The zero-order chi connectivity index (χ0) is 14.8. The molecule has 1 heterocycles. The van der Waals surface area contributed by atoms with E-state index >= 15 is 0 Å². The maximum absolute atomic E-state index is 12.4. The van der Waals surface area contributed by atoms with Crippen molar-refractivity contribution in [1.82, 2.24) is 4.72 Å². The molecule has 0 atom stereocenters. The normalized spacial score (nSPS) is 11.8. The lowest BCUT2D eigenvalue weighted by Gasteiger charge is -2.09. The molecule has 0 fully saturated rings. The van der Waals surface area contributed by atoms with Crippen LogP contribution in [0, 0.1) is 6.92 Å². The van der Waals surface area contributed by atoms with Crippen LogP contribution in [0.4, 0.5) is 0 Å². The molecule has 2 rings (SSSR count). The molecule has 3 N–H and O–H groups in total. The van der Waals surface area contributed by atoms with Gasteiger partial charge < -0.3 is 5.73 Å². The minimum absolute atomic E-state index is 0.197. The fourth-order valence-electron chi connectivity index (χ4n) is 1.89. The van der Waals surface area contributed by atoms with Crippen LogP contribution in [0.25, 0.3) is 0 Å². The Morgan fingerprint density at radius 3 is 2.80 bits per heavy atom. The molecule has 0 saturated carbocycles. The standard InChI is InChI=1S/C13H15ClN2O2S2/c1-9-8-19-12(6-15)13(9)20(17,18)16-7-10-3-2-4-11(14)5-10/h2-5,8,16H,6-7,15H2,1H3. The molecule has 0 radical (unpaired) electrons. The molecule has 2 aromatic rings. The maximum atomic E-state index is 12.4. The van der Waals surface area contributed by atoms with Gasteiger partial charge in [0.2, 0.25) is 10.0 Å². The average molecular weight is 331 g/mol. The van der Waals surface area contributed by atoms with E-state index in [9.17, 15) is 8.42 Å². The number of sulfonamides is 1. The quantitative estimate of drug-likeness (QED) is 0.885. The highest BCUT2D eigenvalue weighted by Gasteiger charge is 2.21. The van der Waals surface area contributed by atoms with E-state index in [4.69, 9.17) is 17.3 Å². The smallest absolute Gasteiger partial charge is 0.242 e. The summed E-state index contributed by atoms with van der Waals surface area (Å²) in [6.07, 6.45) is 0. The fourth-order valence-corrected chi connectivity index (χ4v) is 4.82. The number of nitrogens with one attached hydrogen (secondary N) is 1. The lowest BCUT2D eigenvalue weighted by atomic mass is 10.2. The van der Waals surface area contributed by atoms with Crippen LogP contribution in [-0.2, 0) is 23.1 Å².